The second kappa shape index (κ2) is 9.01. The summed E-state index contributed by atoms with van der Waals surface area (Å²) >= 11 is 12.5. The zero-order valence-corrected chi connectivity index (χ0v) is 18.5. The molecule has 5 heteroatoms. The van der Waals surface area contributed by atoms with E-state index in [1.807, 2.05) is 54.6 Å². The van der Waals surface area contributed by atoms with Crippen LogP contribution in [0.5, 0.6) is 0 Å². The Morgan fingerprint density at radius 2 is 1.65 bits per heavy atom. The Kier molecular flexibility index (Phi) is 6.17. The second-order valence-corrected chi connectivity index (χ2v) is 8.24. The molecule has 0 saturated carbocycles. The molecule has 1 aromatic heterocycles. The van der Waals surface area contributed by atoms with E-state index in [9.17, 15) is 4.79 Å². The average molecular weight is 450 g/mol. The van der Waals surface area contributed by atoms with Gasteiger partial charge < -0.3 is 9.67 Å². The van der Waals surface area contributed by atoms with Gasteiger partial charge in [-0.1, -0.05) is 71.7 Å². The number of carboxylic acids is 1. The third kappa shape index (κ3) is 4.53. The van der Waals surface area contributed by atoms with Crippen molar-refractivity contribution in [3.05, 3.63) is 100 Å². The largest absolute Gasteiger partial charge is 0.481 e. The Hall–Kier alpha value is -3.01. The summed E-state index contributed by atoms with van der Waals surface area (Å²) in [6.07, 6.45) is 0.583. The summed E-state index contributed by atoms with van der Waals surface area (Å²) in [5.41, 5.74) is 7.24. The van der Waals surface area contributed by atoms with E-state index >= 15 is 0 Å². The summed E-state index contributed by atoms with van der Waals surface area (Å²) in [6.45, 7) is 2.09. The van der Waals surface area contributed by atoms with Crippen LogP contribution in [0.25, 0.3) is 28.1 Å². The molecule has 31 heavy (non-hydrogen) atoms. The molecule has 4 aromatic rings. The van der Waals surface area contributed by atoms with Gasteiger partial charge >= 0.3 is 5.97 Å². The lowest BCUT2D eigenvalue weighted by Crippen LogP contribution is -2.02. The van der Waals surface area contributed by atoms with Crippen molar-refractivity contribution in [3.63, 3.8) is 0 Å². The molecule has 3 aromatic carbocycles. The number of aryl methyl sites for hydroxylation is 1. The maximum Gasteiger partial charge on any atom is 0.303 e. The first-order chi connectivity index (χ1) is 14.9. The number of carbonyl (C=O) groups is 1. The Bertz CT molecular complexity index is 1250. The number of rotatable bonds is 6. The van der Waals surface area contributed by atoms with Crippen molar-refractivity contribution in [1.29, 1.82) is 0 Å². The van der Waals surface area contributed by atoms with Gasteiger partial charge in [-0.25, -0.2) is 0 Å². The summed E-state index contributed by atoms with van der Waals surface area (Å²) in [5, 5.41) is 10.1. The van der Waals surface area contributed by atoms with Crippen LogP contribution in [-0.2, 0) is 11.2 Å². The van der Waals surface area contributed by atoms with Gasteiger partial charge in [0.05, 0.1) is 15.7 Å². The molecule has 156 valence electrons. The topological polar surface area (TPSA) is 42.2 Å². The predicted octanol–water partition coefficient (Wildman–Crippen LogP) is 7.44. The lowest BCUT2D eigenvalue weighted by atomic mass is 10.1. The van der Waals surface area contributed by atoms with Gasteiger partial charge in [-0.2, -0.15) is 0 Å². The molecule has 3 nitrogen and oxygen atoms in total. The highest BCUT2D eigenvalue weighted by Crippen LogP contribution is 2.37. The minimum absolute atomic E-state index is 0.100. The van der Waals surface area contributed by atoms with E-state index in [1.165, 1.54) is 0 Å². The standard InChI is InChI=1S/C26H21Cl2NO2/c1-17-22(19-7-3-2-4-8-19)16-25(20-11-12-23(27)24(28)15-20)29(17)21-9-5-6-18(14-21)10-13-26(30)31/h2-9,11-12,14-16H,10,13H2,1H3,(H,30,31). The van der Waals surface area contributed by atoms with Gasteiger partial charge in [0, 0.05) is 28.9 Å². The summed E-state index contributed by atoms with van der Waals surface area (Å²) in [6, 6.07) is 26.0. The minimum atomic E-state index is -0.801. The number of benzene rings is 3. The fourth-order valence-electron chi connectivity index (χ4n) is 3.82. The molecular formula is C26H21Cl2NO2. The van der Waals surface area contributed by atoms with Gasteiger partial charge in [0.2, 0.25) is 0 Å². The van der Waals surface area contributed by atoms with Gasteiger partial charge in [0.15, 0.2) is 0 Å². The number of aliphatic carboxylic acids is 1. The highest BCUT2D eigenvalue weighted by atomic mass is 35.5. The van der Waals surface area contributed by atoms with Crippen LogP contribution in [0.15, 0.2) is 78.9 Å². The monoisotopic (exact) mass is 449 g/mol. The number of hydrogen-bond acceptors (Lipinski definition) is 1. The maximum absolute atomic E-state index is 11.0. The van der Waals surface area contributed by atoms with Gasteiger partial charge in [-0.3, -0.25) is 4.79 Å². The van der Waals surface area contributed by atoms with E-state index in [2.05, 4.69) is 29.7 Å². The highest BCUT2D eigenvalue weighted by molar-refractivity contribution is 6.42. The van der Waals surface area contributed by atoms with Crippen LogP contribution >= 0.6 is 23.2 Å². The summed E-state index contributed by atoms with van der Waals surface area (Å²) < 4.78 is 2.19. The molecule has 0 aliphatic carbocycles. The molecule has 0 fully saturated rings. The zero-order valence-electron chi connectivity index (χ0n) is 17.0. The first kappa shape index (κ1) is 21.2. The van der Waals surface area contributed by atoms with Crippen molar-refractivity contribution in [2.75, 3.05) is 0 Å². The number of halogens is 2. The fraction of sp³-hybridized carbons (Fsp3) is 0.115. The van der Waals surface area contributed by atoms with Crippen LogP contribution in [-0.4, -0.2) is 15.6 Å². The molecule has 1 N–H and O–H groups in total. The molecule has 0 saturated heterocycles. The van der Waals surface area contributed by atoms with Crippen molar-refractivity contribution >= 4 is 29.2 Å². The molecule has 0 unspecified atom stereocenters. The number of carboxylic acid groups (broad SMARTS) is 1. The summed E-state index contributed by atoms with van der Waals surface area (Å²) in [5.74, 6) is -0.801. The Labute approximate surface area is 191 Å². The Morgan fingerprint density at radius 1 is 0.871 bits per heavy atom. The van der Waals surface area contributed by atoms with Crippen molar-refractivity contribution in [2.24, 2.45) is 0 Å². The van der Waals surface area contributed by atoms with Crippen LogP contribution in [0.3, 0.4) is 0 Å². The lowest BCUT2D eigenvalue weighted by molar-refractivity contribution is -0.136. The van der Waals surface area contributed by atoms with Gasteiger partial charge in [-0.05, 0) is 54.8 Å². The van der Waals surface area contributed by atoms with E-state index in [-0.39, 0.29) is 6.42 Å². The van der Waals surface area contributed by atoms with Crippen LogP contribution in [0, 0.1) is 6.92 Å². The first-order valence-corrected chi connectivity index (χ1v) is 10.7. The van der Waals surface area contributed by atoms with E-state index < -0.39 is 5.97 Å². The lowest BCUT2D eigenvalue weighted by Gasteiger charge is -2.14. The van der Waals surface area contributed by atoms with Crippen molar-refractivity contribution in [2.45, 2.75) is 19.8 Å². The van der Waals surface area contributed by atoms with Crippen LogP contribution in [0.2, 0.25) is 10.0 Å². The van der Waals surface area contributed by atoms with Crippen molar-refractivity contribution < 1.29 is 9.90 Å². The van der Waals surface area contributed by atoms with Crippen molar-refractivity contribution in [3.8, 4) is 28.1 Å². The molecule has 1 heterocycles. The molecule has 0 aliphatic rings. The van der Waals surface area contributed by atoms with E-state index in [0.29, 0.717) is 16.5 Å². The number of aromatic nitrogens is 1. The van der Waals surface area contributed by atoms with E-state index in [4.69, 9.17) is 28.3 Å². The normalized spacial score (nSPS) is 10.9. The van der Waals surface area contributed by atoms with E-state index in [1.54, 1.807) is 6.07 Å². The summed E-state index contributed by atoms with van der Waals surface area (Å²) in [7, 11) is 0. The van der Waals surface area contributed by atoms with Gasteiger partial charge in [-0.15, -0.1) is 0 Å². The second-order valence-electron chi connectivity index (χ2n) is 7.42. The quantitative estimate of drug-likeness (QED) is 0.332. The number of nitrogens with zero attached hydrogens (tertiary/aromatic N) is 1. The molecule has 0 amide bonds. The average Bonchev–Trinajstić information content (AvgIpc) is 3.12. The highest BCUT2D eigenvalue weighted by Gasteiger charge is 2.17. The summed E-state index contributed by atoms with van der Waals surface area (Å²) in [4.78, 5) is 11.0. The maximum atomic E-state index is 11.0. The third-order valence-electron chi connectivity index (χ3n) is 5.34. The fourth-order valence-corrected chi connectivity index (χ4v) is 4.12. The van der Waals surface area contributed by atoms with Crippen molar-refractivity contribution in [1.82, 2.24) is 4.57 Å². The first-order valence-electron chi connectivity index (χ1n) is 9.98. The van der Waals surface area contributed by atoms with Crippen LogP contribution in [0.1, 0.15) is 17.7 Å². The molecule has 0 radical (unpaired) electrons. The molecule has 0 atom stereocenters. The molecule has 0 bridgehead atoms. The number of hydrogen-bond donors (Lipinski definition) is 1. The SMILES string of the molecule is Cc1c(-c2ccccc2)cc(-c2ccc(Cl)c(Cl)c2)n1-c1cccc(CCC(=O)O)c1. The zero-order chi connectivity index (χ0) is 22.0. The molecule has 4 rings (SSSR count). The smallest absolute Gasteiger partial charge is 0.303 e. The minimum Gasteiger partial charge on any atom is -0.481 e. The predicted molar refractivity (Wildman–Crippen MR) is 127 cm³/mol. The van der Waals surface area contributed by atoms with Crippen LogP contribution < -0.4 is 0 Å². The third-order valence-corrected chi connectivity index (χ3v) is 6.08. The molecule has 0 aliphatic heterocycles. The van der Waals surface area contributed by atoms with E-state index in [0.717, 1.165) is 39.3 Å². The molecular weight excluding hydrogens is 429 g/mol. The van der Waals surface area contributed by atoms with Gasteiger partial charge in [0.25, 0.3) is 0 Å². The van der Waals surface area contributed by atoms with Gasteiger partial charge in [0.1, 0.15) is 0 Å². The Morgan fingerprint density at radius 3 is 2.35 bits per heavy atom. The Balaban J connectivity index is 1.90. The molecule has 0 spiro atoms. The van der Waals surface area contributed by atoms with Crippen LogP contribution in [0.4, 0.5) is 0 Å².